The summed E-state index contributed by atoms with van der Waals surface area (Å²) in [5, 5.41) is 13.8. The number of carbonyl (C=O) groups excluding carboxylic acids is 2. The molecule has 10 heteroatoms. The van der Waals surface area contributed by atoms with Crippen molar-refractivity contribution >= 4 is 29.6 Å². The topological polar surface area (TPSA) is 105 Å². The van der Waals surface area contributed by atoms with Gasteiger partial charge in [0.15, 0.2) is 5.16 Å². The van der Waals surface area contributed by atoms with Crippen LogP contribution in [0.4, 0.5) is 10.7 Å². The quantitative estimate of drug-likeness (QED) is 0.733. The highest BCUT2D eigenvalue weighted by molar-refractivity contribution is 7.99. The molecular weight excluding hydrogens is 356 g/mol. The van der Waals surface area contributed by atoms with Crippen LogP contribution < -0.4 is 15.5 Å². The molecule has 3 rings (SSSR count). The van der Waals surface area contributed by atoms with E-state index in [2.05, 4.69) is 25.7 Å². The lowest BCUT2D eigenvalue weighted by Crippen LogP contribution is -2.38. The predicted molar refractivity (Wildman–Crippen MR) is 97.2 cm³/mol. The number of rotatable bonds is 6. The van der Waals surface area contributed by atoms with Gasteiger partial charge in [0.05, 0.1) is 18.6 Å². The molecule has 1 saturated heterocycles. The summed E-state index contributed by atoms with van der Waals surface area (Å²) in [5.41, 5.74) is 0. The minimum absolute atomic E-state index is 0.0731. The minimum Gasteiger partial charge on any atom is -0.467 e. The average molecular weight is 378 g/mol. The molecule has 0 radical (unpaired) electrons. The third-order valence-corrected chi connectivity index (χ3v) is 5.01. The second-order valence-corrected chi connectivity index (χ2v) is 6.85. The molecule has 0 bridgehead atoms. The Kier molecular flexibility index (Phi) is 6.16. The van der Waals surface area contributed by atoms with E-state index in [1.807, 2.05) is 16.7 Å². The highest BCUT2D eigenvalue weighted by Crippen LogP contribution is 2.25. The molecule has 1 aliphatic rings. The Hall–Kier alpha value is -2.49. The number of piperidine rings is 1. The summed E-state index contributed by atoms with van der Waals surface area (Å²) < 4.78 is 7.42. The molecule has 140 valence electrons. The van der Waals surface area contributed by atoms with Gasteiger partial charge in [0.1, 0.15) is 5.76 Å². The molecule has 2 aromatic rings. The first kappa shape index (κ1) is 18.3. The summed E-state index contributed by atoms with van der Waals surface area (Å²) in [4.78, 5) is 25.3. The molecule has 0 saturated carbocycles. The fourth-order valence-electron chi connectivity index (χ4n) is 2.77. The second kappa shape index (κ2) is 8.75. The van der Waals surface area contributed by atoms with Gasteiger partial charge in [-0.25, -0.2) is 4.79 Å². The van der Waals surface area contributed by atoms with Gasteiger partial charge in [0.25, 0.3) is 0 Å². The van der Waals surface area contributed by atoms with Crippen molar-refractivity contribution < 1.29 is 14.0 Å². The molecule has 3 amide bonds. The summed E-state index contributed by atoms with van der Waals surface area (Å²) in [6, 6.07) is 3.21. The predicted octanol–water partition coefficient (Wildman–Crippen LogP) is 1.46. The van der Waals surface area contributed by atoms with Crippen LogP contribution in [0.25, 0.3) is 0 Å². The maximum atomic E-state index is 11.8. The SMILES string of the molecule is CNC(=O)NC(=O)CSc1nnc(N2CCCCC2)n1Cc1ccco1. The Bertz CT molecular complexity index is 739. The first-order valence-corrected chi connectivity index (χ1v) is 9.51. The lowest BCUT2D eigenvalue weighted by Gasteiger charge is -2.27. The van der Waals surface area contributed by atoms with E-state index in [1.54, 1.807) is 6.26 Å². The van der Waals surface area contributed by atoms with Crippen molar-refractivity contribution in [3.8, 4) is 0 Å². The van der Waals surface area contributed by atoms with E-state index >= 15 is 0 Å². The number of aromatic nitrogens is 3. The van der Waals surface area contributed by atoms with Gasteiger partial charge in [-0.1, -0.05) is 11.8 Å². The van der Waals surface area contributed by atoms with Gasteiger partial charge < -0.3 is 14.6 Å². The molecule has 1 aliphatic heterocycles. The van der Waals surface area contributed by atoms with E-state index in [0.29, 0.717) is 11.7 Å². The number of urea groups is 1. The highest BCUT2D eigenvalue weighted by Gasteiger charge is 2.21. The van der Waals surface area contributed by atoms with Crippen molar-refractivity contribution in [3.05, 3.63) is 24.2 Å². The third kappa shape index (κ3) is 4.57. The molecule has 2 N–H and O–H groups in total. The Labute approximate surface area is 155 Å². The number of thioether (sulfide) groups is 1. The summed E-state index contributed by atoms with van der Waals surface area (Å²) >= 11 is 1.24. The van der Waals surface area contributed by atoms with Crippen molar-refractivity contribution in [2.75, 3.05) is 30.8 Å². The third-order valence-electron chi connectivity index (χ3n) is 4.04. The number of nitrogens with one attached hydrogen (secondary N) is 2. The number of amides is 3. The molecule has 0 atom stereocenters. The van der Waals surface area contributed by atoms with Crippen LogP contribution in [0.1, 0.15) is 25.0 Å². The number of anilines is 1. The number of carbonyl (C=O) groups is 2. The number of imide groups is 1. The molecule has 0 spiro atoms. The zero-order valence-electron chi connectivity index (χ0n) is 14.6. The van der Waals surface area contributed by atoms with E-state index < -0.39 is 6.03 Å². The van der Waals surface area contributed by atoms with Crippen molar-refractivity contribution in [2.45, 2.75) is 31.0 Å². The summed E-state index contributed by atoms with van der Waals surface area (Å²) in [6.07, 6.45) is 5.11. The zero-order chi connectivity index (χ0) is 18.4. The fraction of sp³-hybridized carbons (Fsp3) is 0.500. The van der Waals surface area contributed by atoms with E-state index in [4.69, 9.17) is 4.42 Å². The lowest BCUT2D eigenvalue weighted by atomic mass is 10.1. The van der Waals surface area contributed by atoms with Crippen LogP contribution in [0.3, 0.4) is 0 Å². The molecule has 0 aromatic carbocycles. The maximum Gasteiger partial charge on any atom is 0.321 e. The van der Waals surface area contributed by atoms with Gasteiger partial charge in [-0.3, -0.25) is 14.7 Å². The van der Waals surface area contributed by atoms with E-state index in [1.165, 1.54) is 25.2 Å². The van der Waals surface area contributed by atoms with Crippen LogP contribution in [0.15, 0.2) is 28.0 Å². The van der Waals surface area contributed by atoms with Gasteiger partial charge in [0.2, 0.25) is 11.9 Å². The molecule has 26 heavy (non-hydrogen) atoms. The molecule has 1 fully saturated rings. The van der Waals surface area contributed by atoms with Crippen molar-refractivity contribution in [2.24, 2.45) is 0 Å². The minimum atomic E-state index is -0.526. The van der Waals surface area contributed by atoms with Gasteiger partial charge in [-0.05, 0) is 31.4 Å². The van der Waals surface area contributed by atoms with Crippen LogP contribution in [0, 0.1) is 0 Å². The normalized spacial score (nSPS) is 14.3. The van der Waals surface area contributed by atoms with Crippen molar-refractivity contribution in [1.29, 1.82) is 0 Å². The fourth-order valence-corrected chi connectivity index (χ4v) is 3.50. The van der Waals surface area contributed by atoms with Crippen molar-refractivity contribution in [1.82, 2.24) is 25.4 Å². The standard InChI is InChI=1S/C16H22N6O3S/c1-17-14(24)18-13(23)11-26-16-20-19-15(21-7-3-2-4-8-21)22(16)10-12-6-5-9-25-12/h5-6,9H,2-4,7-8,10-11H2,1H3,(H2,17,18,23,24). The van der Waals surface area contributed by atoms with Crippen LogP contribution in [0.2, 0.25) is 0 Å². The van der Waals surface area contributed by atoms with Crippen LogP contribution in [-0.2, 0) is 11.3 Å². The number of hydrogen-bond donors (Lipinski definition) is 2. The first-order chi connectivity index (χ1) is 12.7. The number of nitrogens with zero attached hydrogens (tertiary/aromatic N) is 4. The van der Waals surface area contributed by atoms with Crippen LogP contribution in [-0.4, -0.2) is 52.6 Å². The van der Waals surface area contributed by atoms with Gasteiger partial charge in [-0.2, -0.15) is 0 Å². The first-order valence-electron chi connectivity index (χ1n) is 8.52. The number of furan rings is 1. The smallest absolute Gasteiger partial charge is 0.321 e. The summed E-state index contributed by atoms with van der Waals surface area (Å²) in [5.74, 6) is 1.26. The van der Waals surface area contributed by atoms with Gasteiger partial charge in [0, 0.05) is 20.1 Å². The largest absolute Gasteiger partial charge is 0.467 e. The van der Waals surface area contributed by atoms with Gasteiger partial charge in [-0.15, -0.1) is 10.2 Å². The van der Waals surface area contributed by atoms with Crippen LogP contribution in [0.5, 0.6) is 0 Å². The van der Waals surface area contributed by atoms with E-state index in [0.717, 1.165) is 37.6 Å². The molecule has 0 unspecified atom stereocenters. The summed E-state index contributed by atoms with van der Waals surface area (Å²) in [7, 11) is 1.46. The van der Waals surface area contributed by atoms with E-state index in [9.17, 15) is 9.59 Å². The number of hydrogen-bond acceptors (Lipinski definition) is 7. The Balaban J connectivity index is 1.74. The molecule has 3 heterocycles. The summed E-state index contributed by atoms with van der Waals surface area (Å²) in [6.45, 7) is 2.38. The Morgan fingerprint density at radius 1 is 1.27 bits per heavy atom. The van der Waals surface area contributed by atoms with Gasteiger partial charge >= 0.3 is 6.03 Å². The monoisotopic (exact) mass is 378 g/mol. The zero-order valence-corrected chi connectivity index (χ0v) is 15.4. The maximum absolute atomic E-state index is 11.8. The Morgan fingerprint density at radius 2 is 2.08 bits per heavy atom. The lowest BCUT2D eigenvalue weighted by molar-refractivity contribution is -0.117. The van der Waals surface area contributed by atoms with E-state index in [-0.39, 0.29) is 11.7 Å². The van der Waals surface area contributed by atoms with Crippen LogP contribution >= 0.6 is 11.8 Å². The Morgan fingerprint density at radius 3 is 2.77 bits per heavy atom. The second-order valence-electron chi connectivity index (χ2n) is 5.91. The molecule has 2 aromatic heterocycles. The highest BCUT2D eigenvalue weighted by atomic mass is 32.2. The molecule has 9 nitrogen and oxygen atoms in total. The van der Waals surface area contributed by atoms with Crippen molar-refractivity contribution in [3.63, 3.8) is 0 Å². The average Bonchev–Trinajstić information content (AvgIpc) is 3.31. The molecule has 0 aliphatic carbocycles. The molecular formula is C16H22N6O3S.